The van der Waals surface area contributed by atoms with Gasteiger partial charge in [-0.15, -0.1) is 0 Å². The molecule has 4 rings (SSSR count). The zero-order valence-corrected chi connectivity index (χ0v) is 24.0. The normalized spacial score (nSPS) is 17.7. The SMILES string of the molecule is CCOC(=O)C(CN1CC[C@H](CNC(=O)c2ccc3ccccc3c2)N[C@H](CCCN=C(N)N)C1=O)c1ccccc1. The number of benzene rings is 3. The van der Waals surface area contributed by atoms with Crippen LogP contribution in [0.1, 0.15) is 48.0 Å². The van der Waals surface area contributed by atoms with Gasteiger partial charge < -0.3 is 31.7 Å². The van der Waals surface area contributed by atoms with E-state index in [0.29, 0.717) is 44.5 Å². The molecule has 1 heterocycles. The standard InChI is InChI=1S/C32H40N6O4/c1-2-42-31(41)27(23-10-4-3-5-11-23)21-38-18-16-26(37-28(30(38)40)13-8-17-35-32(33)34)20-36-29(39)25-15-14-22-9-6-7-12-24(22)19-25/h3-7,9-12,14-15,19,26-28,37H,2,8,13,16-18,20-21H2,1H3,(H,36,39)(H4,33,34,35)/t26-,27?,28-/m1/s1. The van der Waals surface area contributed by atoms with Crippen LogP contribution in [0.25, 0.3) is 10.8 Å². The number of fused-ring (bicyclic) bond motifs is 1. The Labute approximate surface area is 246 Å². The third-order valence-corrected chi connectivity index (χ3v) is 7.44. The van der Waals surface area contributed by atoms with Gasteiger partial charge in [-0.1, -0.05) is 60.7 Å². The summed E-state index contributed by atoms with van der Waals surface area (Å²) in [6.07, 6.45) is 1.68. The summed E-state index contributed by atoms with van der Waals surface area (Å²) in [6.45, 7) is 3.39. The number of nitrogens with one attached hydrogen (secondary N) is 2. The van der Waals surface area contributed by atoms with Crippen LogP contribution in [0.4, 0.5) is 0 Å². The first-order chi connectivity index (χ1) is 20.4. The molecule has 3 atom stereocenters. The minimum absolute atomic E-state index is 0.00574. The number of carbonyl (C=O) groups excluding carboxylic acids is 3. The van der Waals surface area contributed by atoms with E-state index in [1.54, 1.807) is 11.8 Å². The number of guanidine groups is 1. The van der Waals surface area contributed by atoms with Crippen LogP contribution < -0.4 is 22.1 Å². The molecule has 1 aliphatic rings. The molecule has 6 N–H and O–H groups in total. The molecule has 222 valence electrons. The largest absolute Gasteiger partial charge is 0.465 e. The monoisotopic (exact) mass is 572 g/mol. The molecule has 0 spiro atoms. The number of hydrogen-bond donors (Lipinski definition) is 4. The quantitative estimate of drug-likeness (QED) is 0.113. The molecule has 0 bridgehead atoms. The summed E-state index contributed by atoms with van der Waals surface area (Å²) in [5.41, 5.74) is 12.3. The van der Waals surface area contributed by atoms with Crippen molar-refractivity contribution >= 4 is 34.5 Å². The van der Waals surface area contributed by atoms with Gasteiger partial charge in [0.05, 0.1) is 18.6 Å². The molecule has 1 unspecified atom stereocenters. The Morgan fingerprint density at radius 2 is 1.81 bits per heavy atom. The van der Waals surface area contributed by atoms with Gasteiger partial charge in [0.2, 0.25) is 5.91 Å². The highest BCUT2D eigenvalue weighted by molar-refractivity contribution is 5.98. The van der Waals surface area contributed by atoms with E-state index in [1.807, 2.05) is 72.8 Å². The fourth-order valence-electron chi connectivity index (χ4n) is 5.25. The fraction of sp³-hybridized carbons (Fsp3) is 0.375. The molecular weight excluding hydrogens is 532 g/mol. The maximum absolute atomic E-state index is 13.8. The lowest BCUT2D eigenvalue weighted by molar-refractivity contribution is -0.146. The average Bonchev–Trinajstić information content (AvgIpc) is 3.14. The maximum Gasteiger partial charge on any atom is 0.315 e. The number of rotatable bonds is 12. The molecule has 1 saturated heterocycles. The number of carbonyl (C=O) groups is 3. The number of nitrogens with zero attached hydrogens (tertiary/aromatic N) is 2. The second kappa shape index (κ2) is 15.0. The van der Waals surface area contributed by atoms with Crippen LogP contribution in [-0.2, 0) is 14.3 Å². The number of aliphatic imine (C=N–C) groups is 1. The van der Waals surface area contributed by atoms with Crippen molar-refractivity contribution in [2.45, 2.75) is 44.2 Å². The lowest BCUT2D eigenvalue weighted by Crippen LogP contribution is -2.49. The number of hydrogen-bond acceptors (Lipinski definition) is 6. The molecule has 3 aromatic carbocycles. The predicted octanol–water partition coefficient (Wildman–Crippen LogP) is 2.53. The van der Waals surface area contributed by atoms with Crippen LogP contribution in [0.5, 0.6) is 0 Å². The Morgan fingerprint density at radius 1 is 1.07 bits per heavy atom. The van der Waals surface area contributed by atoms with Crippen LogP contribution in [0, 0.1) is 0 Å². The summed E-state index contributed by atoms with van der Waals surface area (Å²) in [5, 5.41) is 8.55. The Morgan fingerprint density at radius 3 is 2.55 bits per heavy atom. The molecule has 10 nitrogen and oxygen atoms in total. The molecule has 0 saturated carbocycles. The van der Waals surface area contributed by atoms with E-state index in [1.165, 1.54) is 0 Å². The van der Waals surface area contributed by atoms with Crippen molar-refractivity contribution in [3.63, 3.8) is 0 Å². The summed E-state index contributed by atoms with van der Waals surface area (Å²) >= 11 is 0. The Bertz CT molecular complexity index is 1390. The number of nitrogens with two attached hydrogens (primary N) is 2. The van der Waals surface area contributed by atoms with Crippen molar-refractivity contribution in [3.8, 4) is 0 Å². The lowest BCUT2D eigenvalue weighted by atomic mass is 9.98. The summed E-state index contributed by atoms with van der Waals surface area (Å²) in [5.74, 6) is -1.25. The summed E-state index contributed by atoms with van der Waals surface area (Å²) < 4.78 is 5.37. The number of esters is 1. The van der Waals surface area contributed by atoms with Crippen molar-refractivity contribution in [1.29, 1.82) is 0 Å². The van der Waals surface area contributed by atoms with E-state index in [2.05, 4.69) is 15.6 Å². The minimum Gasteiger partial charge on any atom is -0.465 e. The maximum atomic E-state index is 13.8. The molecule has 0 radical (unpaired) electrons. The minimum atomic E-state index is -0.610. The molecular formula is C32H40N6O4. The van der Waals surface area contributed by atoms with Crippen molar-refractivity contribution in [3.05, 3.63) is 83.9 Å². The molecule has 1 aliphatic heterocycles. The van der Waals surface area contributed by atoms with E-state index in [0.717, 1.165) is 16.3 Å². The third kappa shape index (κ3) is 8.29. The van der Waals surface area contributed by atoms with Crippen molar-refractivity contribution < 1.29 is 19.1 Å². The summed E-state index contributed by atoms with van der Waals surface area (Å²) in [4.78, 5) is 45.6. The topological polar surface area (TPSA) is 152 Å². The molecule has 2 amide bonds. The third-order valence-electron chi connectivity index (χ3n) is 7.44. The van der Waals surface area contributed by atoms with Crippen molar-refractivity contribution in [1.82, 2.24) is 15.5 Å². The van der Waals surface area contributed by atoms with Crippen LogP contribution >= 0.6 is 0 Å². The molecule has 0 aromatic heterocycles. The van der Waals surface area contributed by atoms with Gasteiger partial charge in [0, 0.05) is 37.8 Å². The fourth-order valence-corrected chi connectivity index (χ4v) is 5.25. The van der Waals surface area contributed by atoms with E-state index in [9.17, 15) is 14.4 Å². The second-order valence-corrected chi connectivity index (χ2v) is 10.4. The highest BCUT2D eigenvalue weighted by Crippen LogP contribution is 2.22. The van der Waals surface area contributed by atoms with Gasteiger partial charge in [-0.2, -0.15) is 0 Å². The van der Waals surface area contributed by atoms with Crippen LogP contribution in [0.2, 0.25) is 0 Å². The average molecular weight is 573 g/mol. The van der Waals surface area contributed by atoms with Gasteiger partial charge in [0.25, 0.3) is 5.91 Å². The summed E-state index contributed by atoms with van der Waals surface area (Å²) in [6, 6.07) is 22.2. The molecule has 3 aromatic rings. The van der Waals surface area contributed by atoms with Gasteiger partial charge in [0.1, 0.15) is 0 Å². The Kier molecular flexibility index (Phi) is 10.9. The van der Waals surface area contributed by atoms with Gasteiger partial charge in [-0.3, -0.25) is 19.4 Å². The van der Waals surface area contributed by atoms with Crippen LogP contribution in [-0.4, -0.2) is 73.5 Å². The number of ether oxygens (including phenoxy) is 1. The van der Waals surface area contributed by atoms with Gasteiger partial charge in [0.15, 0.2) is 5.96 Å². The van der Waals surface area contributed by atoms with E-state index < -0.39 is 12.0 Å². The number of amides is 2. The smallest absolute Gasteiger partial charge is 0.315 e. The van der Waals surface area contributed by atoms with Gasteiger partial charge in [-0.25, -0.2) is 0 Å². The first kappa shape index (κ1) is 30.5. The first-order valence-electron chi connectivity index (χ1n) is 14.4. The molecule has 42 heavy (non-hydrogen) atoms. The van der Waals surface area contributed by atoms with E-state index in [-0.39, 0.29) is 42.9 Å². The Balaban J connectivity index is 1.47. The van der Waals surface area contributed by atoms with Gasteiger partial charge in [-0.05, 0) is 54.7 Å². The van der Waals surface area contributed by atoms with E-state index in [4.69, 9.17) is 16.2 Å². The van der Waals surface area contributed by atoms with E-state index >= 15 is 0 Å². The zero-order valence-electron chi connectivity index (χ0n) is 24.0. The highest BCUT2D eigenvalue weighted by Gasteiger charge is 2.34. The van der Waals surface area contributed by atoms with Crippen LogP contribution in [0.15, 0.2) is 77.8 Å². The molecule has 1 fully saturated rings. The summed E-state index contributed by atoms with van der Waals surface area (Å²) in [7, 11) is 0. The zero-order chi connectivity index (χ0) is 29.9. The lowest BCUT2D eigenvalue weighted by Gasteiger charge is -2.28. The second-order valence-electron chi connectivity index (χ2n) is 10.4. The van der Waals surface area contributed by atoms with Crippen molar-refractivity contribution in [2.24, 2.45) is 16.5 Å². The first-order valence-corrected chi connectivity index (χ1v) is 14.4. The van der Waals surface area contributed by atoms with Crippen molar-refractivity contribution in [2.75, 3.05) is 32.8 Å². The Hall–Kier alpha value is -4.44. The van der Waals surface area contributed by atoms with Gasteiger partial charge >= 0.3 is 5.97 Å². The highest BCUT2D eigenvalue weighted by atomic mass is 16.5. The molecule has 0 aliphatic carbocycles. The molecule has 10 heteroatoms. The predicted molar refractivity (Wildman–Crippen MR) is 164 cm³/mol. The van der Waals surface area contributed by atoms with Crippen LogP contribution in [0.3, 0.4) is 0 Å².